The summed E-state index contributed by atoms with van der Waals surface area (Å²) in [6.07, 6.45) is 0. The standard InChI is InChI=1S/C14H14O/c1-10-5-3-6-11(2)14(10)12-7-4-8-13(15)9-12/h3-9,15H,1-2H3. The Balaban J connectivity index is 2.63. The molecule has 2 aromatic rings. The monoisotopic (exact) mass is 198 g/mol. The number of phenolic OH excluding ortho intramolecular Hbond substituents is 1. The normalized spacial score (nSPS) is 10.3. The summed E-state index contributed by atoms with van der Waals surface area (Å²) in [5, 5.41) is 9.46. The summed E-state index contributed by atoms with van der Waals surface area (Å²) in [4.78, 5) is 0. The Kier molecular flexibility index (Phi) is 2.46. The molecule has 0 saturated heterocycles. The van der Waals surface area contributed by atoms with Crippen LogP contribution in [-0.4, -0.2) is 5.11 Å². The van der Waals surface area contributed by atoms with E-state index >= 15 is 0 Å². The minimum atomic E-state index is 0.315. The topological polar surface area (TPSA) is 20.2 Å². The predicted molar refractivity (Wildman–Crippen MR) is 63.0 cm³/mol. The molecule has 76 valence electrons. The molecule has 0 aromatic heterocycles. The molecule has 0 spiro atoms. The second kappa shape index (κ2) is 3.77. The van der Waals surface area contributed by atoms with Gasteiger partial charge in [-0.2, -0.15) is 0 Å². The molecule has 0 aliphatic rings. The zero-order chi connectivity index (χ0) is 10.8. The summed E-state index contributed by atoms with van der Waals surface area (Å²) >= 11 is 0. The number of phenols is 1. The number of aromatic hydroxyl groups is 1. The van der Waals surface area contributed by atoms with Gasteiger partial charge in [-0.1, -0.05) is 30.3 Å². The van der Waals surface area contributed by atoms with Gasteiger partial charge in [0.2, 0.25) is 0 Å². The van der Waals surface area contributed by atoms with Crippen LogP contribution in [0.2, 0.25) is 0 Å². The maximum absolute atomic E-state index is 9.46. The SMILES string of the molecule is Cc1cccc(C)c1-c1cccc(O)c1. The molecule has 0 aliphatic carbocycles. The van der Waals surface area contributed by atoms with E-state index in [2.05, 4.69) is 32.0 Å². The van der Waals surface area contributed by atoms with E-state index in [4.69, 9.17) is 0 Å². The maximum atomic E-state index is 9.46. The van der Waals surface area contributed by atoms with Gasteiger partial charge >= 0.3 is 0 Å². The van der Waals surface area contributed by atoms with Gasteiger partial charge in [-0.05, 0) is 48.2 Å². The van der Waals surface area contributed by atoms with Crippen molar-refractivity contribution < 1.29 is 5.11 Å². The van der Waals surface area contributed by atoms with E-state index in [1.165, 1.54) is 16.7 Å². The van der Waals surface area contributed by atoms with Gasteiger partial charge in [0.1, 0.15) is 5.75 Å². The molecular formula is C14H14O. The summed E-state index contributed by atoms with van der Waals surface area (Å²) in [7, 11) is 0. The van der Waals surface area contributed by atoms with Crippen LogP contribution in [0.4, 0.5) is 0 Å². The third kappa shape index (κ3) is 1.86. The lowest BCUT2D eigenvalue weighted by atomic mass is 9.96. The zero-order valence-electron chi connectivity index (χ0n) is 8.99. The quantitative estimate of drug-likeness (QED) is 0.741. The van der Waals surface area contributed by atoms with Gasteiger partial charge in [0.25, 0.3) is 0 Å². The Morgan fingerprint density at radius 2 is 1.47 bits per heavy atom. The molecule has 0 amide bonds. The minimum Gasteiger partial charge on any atom is -0.508 e. The fourth-order valence-electron chi connectivity index (χ4n) is 1.93. The molecule has 0 aliphatic heterocycles. The van der Waals surface area contributed by atoms with Gasteiger partial charge in [-0.3, -0.25) is 0 Å². The smallest absolute Gasteiger partial charge is 0.116 e. The first-order valence-corrected chi connectivity index (χ1v) is 5.04. The molecule has 2 aromatic carbocycles. The summed E-state index contributed by atoms with van der Waals surface area (Å²) in [5.41, 5.74) is 4.76. The number of benzene rings is 2. The maximum Gasteiger partial charge on any atom is 0.116 e. The Bertz CT molecular complexity index is 466. The van der Waals surface area contributed by atoms with Crippen LogP contribution in [0.3, 0.4) is 0 Å². The van der Waals surface area contributed by atoms with Crippen molar-refractivity contribution in [3.05, 3.63) is 53.6 Å². The molecule has 0 heterocycles. The molecule has 0 fully saturated rings. The van der Waals surface area contributed by atoms with Crippen LogP contribution in [0.5, 0.6) is 5.75 Å². The third-order valence-corrected chi connectivity index (χ3v) is 2.62. The van der Waals surface area contributed by atoms with Gasteiger partial charge in [0, 0.05) is 0 Å². The van der Waals surface area contributed by atoms with Crippen LogP contribution < -0.4 is 0 Å². The van der Waals surface area contributed by atoms with E-state index < -0.39 is 0 Å². The highest BCUT2D eigenvalue weighted by Gasteiger charge is 2.04. The van der Waals surface area contributed by atoms with Gasteiger partial charge < -0.3 is 5.11 Å². The molecule has 1 heteroatoms. The van der Waals surface area contributed by atoms with E-state index in [0.29, 0.717) is 5.75 Å². The van der Waals surface area contributed by atoms with E-state index in [1.807, 2.05) is 12.1 Å². The molecule has 1 nitrogen and oxygen atoms in total. The first-order valence-electron chi connectivity index (χ1n) is 5.04. The highest BCUT2D eigenvalue weighted by Crippen LogP contribution is 2.28. The van der Waals surface area contributed by atoms with E-state index in [1.54, 1.807) is 12.1 Å². The molecule has 2 rings (SSSR count). The third-order valence-electron chi connectivity index (χ3n) is 2.62. The van der Waals surface area contributed by atoms with Gasteiger partial charge in [0.15, 0.2) is 0 Å². The largest absolute Gasteiger partial charge is 0.508 e. The molecule has 1 N–H and O–H groups in total. The number of hydrogen-bond donors (Lipinski definition) is 1. The van der Waals surface area contributed by atoms with Crippen LogP contribution in [-0.2, 0) is 0 Å². The van der Waals surface area contributed by atoms with Crippen LogP contribution in [0, 0.1) is 13.8 Å². The van der Waals surface area contributed by atoms with Gasteiger partial charge in [0.05, 0.1) is 0 Å². The number of hydrogen-bond acceptors (Lipinski definition) is 1. The van der Waals surface area contributed by atoms with Crippen molar-refractivity contribution >= 4 is 0 Å². The van der Waals surface area contributed by atoms with Crippen molar-refractivity contribution in [3.8, 4) is 16.9 Å². The second-order valence-corrected chi connectivity index (χ2v) is 3.82. The lowest BCUT2D eigenvalue weighted by Gasteiger charge is -2.09. The molecule has 0 atom stereocenters. The number of aryl methyl sites for hydroxylation is 2. The Hall–Kier alpha value is -1.76. The first-order chi connectivity index (χ1) is 7.18. The predicted octanol–water partition coefficient (Wildman–Crippen LogP) is 3.68. The van der Waals surface area contributed by atoms with Crippen LogP contribution in [0.25, 0.3) is 11.1 Å². The highest BCUT2D eigenvalue weighted by molar-refractivity contribution is 5.71. The summed E-state index contributed by atoms with van der Waals surface area (Å²) in [5.74, 6) is 0.315. The Morgan fingerprint density at radius 1 is 0.867 bits per heavy atom. The van der Waals surface area contributed by atoms with E-state index in [9.17, 15) is 5.11 Å². The fraction of sp³-hybridized carbons (Fsp3) is 0.143. The number of rotatable bonds is 1. The average Bonchev–Trinajstić information content (AvgIpc) is 2.17. The highest BCUT2D eigenvalue weighted by atomic mass is 16.3. The Morgan fingerprint density at radius 3 is 2.07 bits per heavy atom. The summed E-state index contributed by atoms with van der Waals surface area (Å²) in [6, 6.07) is 13.6. The lowest BCUT2D eigenvalue weighted by Crippen LogP contribution is -1.87. The second-order valence-electron chi connectivity index (χ2n) is 3.82. The van der Waals surface area contributed by atoms with Crippen molar-refractivity contribution in [2.24, 2.45) is 0 Å². The average molecular weight is 198 g/mol. The van der Waals surface area contributed by atoms with Crippen molar-refractivity contribution in [1.29, 1.82) is 0 Å². The molecule has 0 unspecified atom stereocenters. The molecular weight excluding hydrogens is 184 g/mol. The van der Waals surface area contributed by atoms with Crippen LogP contribution in [0.1, 0.15) is 11.1 Å². The Labute approximate surface area is 90.0 Å². The molecule has 0 saturated carbocycles. The van der Waals surface area contributed by atoms with E-state index in [-0.39, 0.29) is 0 Å². The van der Waals surface area contributed by atoms with Crippen molar-refractivity contribution in [2.45, 2.75) is 13.8 Å². The van der Waals surface area contributed by atoms with Gasteiger partial charge in [-0.25, -0.2) is 0 Å². The summed E-state index contributed by atoms with van der Waals surface area (Å²) < 4.78 is 0. The molecule has 0 bridgehead atoms. The zero-order valence-corrected chi connectivity index (χ0v) is 8.99. The minimum absolute atomic E-state index is 0.315. The summed E-state index contributed by atoms with van der Waals surface area (Å²) in [6.45, 7) is 4.18. The van der Waals surface area contributed by atoms with Crippen molar-refractivity contribution in [3.63, 3.8) is 0 Å². The van der Waals surface area contributed by atoms with E-state index in [0.717, 1.165) is 5.56 Å². The van der Waals surface area contributed by atoms with Crippen LogP contribution in [0.15, 0.2) is 42.5 Å². The van der Waals surface area contributed by atoms with Crippen molar-refractivity contribution in [1.82, 2.24) is 0 Å². The fourth-order valence-corrected chi connectivity index (χ4v) is 1.93. The van der Waals surface area contributed by atoms with Crippen LogP contribution >= 0.6 is 0 Å². The first kappa shape index (κ1) is 9.78. The van der Waals surface area contributed by atoms with Gasteiger partial charge in [-0.15, -0.1) is 0 Å². The molecule has 0 radical (unpaired) electrons. The molecule has 15 heavy (non-hydrogen) atoms. The lowest BCUT2D eigenvalue weighted by molar-refractivity contribution is 0.475. The van der Waals surface area contributed by atoms with Crippen molar-refractivity contribution in [2.75, 3.05) is 0 Å².